The Balaban J connectivity index is 3.11. The normalized spacial score (nSPS) is 10.6. The second-order valence-corrected chi connectivity index (χ2v) is 5.96. The zero-order valence-corrected chi connectivity index (χ0v) is 14.3. The summed E-state index contributed by atoms with van der Waals surface area (Å²) < 4.78 is 0. The molecule has 0 unspecified atom stereocenters. The molecule has 0 aliphatic carbocycles. The second kappa shape index (κ2) is 16.3. The Labute approximate surface area is 135 Å². The van der Waals surface area contributed by atoms with Crippen LogP contribution in [0.1, 0.15) is 77.6 Å². The number of unbranched alkanes of at least 4 members (excludes halogenated alkanes) is 10. The van der Waals surface area contributed by atoms with Gasteiger partial charge in [0.05, 0.1) is 13.1 Å². The molecule has 0 fully saturated rings. The van der Waals surface area contributed by atoms with Gasteiger partial charge in [-0.25, -0.2) is 0 Å². The maximum Gasteiger partial charge on any atom is 0.236 e. The zero-order valence-electron chi connectivity index (χ0n) is 14.3. The molecule has 0 aromatic carbocycles. The molecule has 0 saturated heterocycles. The van der Waals surface area contributed by atoms with Gasteiger partial charge in [0.25, 0.3) is 0 Å². The average molecular weight is 313 g/mol. The van der Waals surface area contributed by atoms with Crippen molar-refractivity contribution in [3.05, 3.63) is 0 Å². The minimum Gasteiger partial charge on any atom is -0.368 e. The topological polar surface area (TPSA) is 84.2 Å². The minimum absolute atomic E-state index is 0.0844. The number of rotatable bonds is 16. The van der Waals surface area contributed by atoms with Crippen LogP contribution in [-0.4, -0.2) is 31.4 Å². The van der Waals surface area contributed by atoms with Crippen molar-refractivity contribution in [1.82, 2.24) is 10.6 Å². The molecule has 4 N–H and O–H groups in total. The standard InChI is InChI=1S/C17H35N3O2/c1-2-3-4-5-6-7-8-9-10-11-12-13-19-15-17(22)20-14-16(18)21/h19H,2-15H2,1H3,(H2,18,21)(H,20,22). The van der Waals surface area contributed by atoms with E-state index in [0.29, 0.717) is 0 Å². The Morgan fingerprint density at radius 3 is 1.77 bits per heavy atom. The number of nitrogens with two attached hydrogens (primary N) is 1. The largest absolute Gasteiger partial charge is 0.368 e. The van der Waals surface area contributed by atoms with Crippen LogP contribution in [0.15, 0.2) is 0 Å². The van der Waals surface area contributed by atoms with Gasteiger partial charge >= 0.3 is 0 Å². The summed E-state index contributed by atoms with van der Waals surface area (Å²) in [6.07, 6.45) is 14.5. The molecule has 0 aliphatic rings. The van der Waals surface area contributed by atoms with Crippen LogP contribution in [0.4, 0.5) is 0 Å². The molecule has 0 radical (unpaired) electrons. The lowest BCUT2D eigenvalue weighted by molar-refractivity contribution is -0.124. The van der Waals surface area contributed by atoms with Gasteiger partial charge in [-0.05, 0) is 13.0 Å². The van der Waals surface area contributed by atoms with Gasteiger partial charge in [-0.1, -0.05) is 71.1 Å². The van der Waals surface area contributed by atoms with Gasteiger partial charge in [0.1, 0.15) is 0 Å². The van der Waals surface area contributed by atoms with Crippen molar-refractivity contribution >= 4 is 11.8 Å². The molecule has 22 heavy (non-hydrogen) atoms. The van der Waals surface area contributed by atoms with E-state index in [1.807, 2.05) is 0 Å². The number of hydrogen-bond acceptors (Lipinski definition) is 3. The van der Waals surface area contributed by atoms with E-state index in [4.69, 9.17) is 5.73 Å². The van der Waals surface area contributed by atoms with Crippen LogP contribution < -0.4 is 16.4 Å². The van der Waals surface area contributed by atoms with E-state index in [9.17, 15) is 9.59 Å². The lowest BCUT2D eigenvalue weighted by Gasteiger charge is -2.05. The molecule has 0 bridgehead atoms. The maximum atomic E-state index is 11.3. The fourth-order valence-corrected chi connectivity index (χ4v) is 2.36. The van der Waals surface area contributed by atoms with E-state index in [0.717, 1.165) is 13.0 Å². The highest BCUT2D eigenvalue weighted by atomic mass is 16.2. The van der Waals surface area contributed by atoms with Gasteiger partial charge in [0, 0.05) is 0 Å². The van der Waals surface area contributed by atoms with E-state index in [-0.39, 0.29) is 19.0 Å². The highest BCUT2D eigenvalue weighted by molar-refractivity contribution is 5.84. The van der Waals surface area contributed by atoms with E-state index in [1.165, 1.54) is 64.2 Å². The lowest BCUT2D eigenvalue weighted by atomic mass is 10.1. The zero-order chi connectivity index (χ0) is 16.5. The minimum atomic E-state index is -0.515. The number of nitrogens with one attached hydrogen (secondary N) is 2. The summed E-state index contributed by atoms with van der Waals surface area (Å²) in [7, 11) is 0. The summed E-state index contributed by atoms with van der Waals surface area (Å²) in [6, 6.07) is 0. The van der Waals surface area contributed by atoms with Crippen molar-refractivity contribution in [3.63, 3.8) is 0 Å². The van der Waals surface area contributed by atoms with Gasteiger partial charge in [0.15, 0.2) is 0 Å². The maximum absolute atomic E-state index is 11.3. The molecule has 0 heterocycles. The summed E-state index contributed by atoms with van der Waals surface area (Å²) in [5.41, 5.74) is 4.94. The quantitative estimate of drug-likeness (QED) is 0.383. The van der Waals surface area contributed by atoms with Gasteiger partial charge in [-0.2, -0.15) is 0 Å². The molecule has 0 aliphatic heterocycles. The average Bonchev–Trinajstić information content (AvgIpc) is 2.49. The van der Waals surface area contributed by atoms with E-state index < -0.39 is 5.91 Å². The van der Waals surface area contributed by atoms with E-state index in [1.54, 1.807) is 0 Å². The third kappa shape index (κ3) is 17.0. The first kappa shape index (κ1) is 20.9. The molecular formula is C17H35N3O2. The summed E-state index contributed by atoms with van der Waals surface area (Å²) in [6.45, 7) is 3.27. The predicted molar refractivity (Wildman–Crippen MR) is 91.5 cm³/mol. The number of carbonyl (C=O) groups is 2. The summed E-state index contributed by atoms with van der Waals surface area (Å²) in [5, 5.41) is 5.52. The number of hydrogen-bond donors (Lipinski definition) is 3. The number of amides is 2. The van der Waals surface area contributed by atoms with Crippen LogP contribution >= 0.6 is 0 Å². The Morgan fingerprint density at radius 2 is 1.27 bits per heavy atom. The van der Waals surface area contributed by atoms with Gasteiger partial charge in [-0.3, -0.25) is 9.59 Å². The van der Waals surface area contributed by atoms with Crippen molar-refractivity contribution in [2.45, 2.75) is 77.6 Å². The fraction of sp³-hybridized carbons (Fsp3) is 0.882. The molecule has 5 heteroatoms. The Kier molecular flexibility index (Phi) is 15.5. The third-order valence-corrected chi connectivity index (χ3v) is 3.70. The predicted octanol–water partition coefficient (Wildman–Crippen LogP) is 2.49. The number of carbonyl (C=O) groups excluding carboxylic acids is 2. The van der Waals surface area contributed by atoms with Crippen LogP contribution in [-0.2, 0) is 9.59 Å². The molecule has 5 nitrogen and oxygen atoms in total. The number of primary amides is 1. The summed E-state index contributed by atoms with van der Waals surface area (Å²) in [4.78, 5) is 21.7. The Morgan fingerprint density at radius 1 is 0.773 bits per heavy atom. The summed E-state index contributed by atoms with van der Waals surface area (Å²) in [5.74, 6) is -0.694. The Hall–Kier alpha value is -1.10. The van der Waals surface area contributed by atoms with Crippen LogP contribution in [0.2, 0.25) is 0 Å². The summed E-state index contributed by atoms with van der Waals surface area (Å²) >= 11 is 0. The van der Waals surface area contributed by atoms with Crippen LogP contribution in [0.25, 0.3) is 0 Å². The molecule has 130 valence electrons. The van der Waals surface area contributed by atoms with Crippen LogP contribution in [0.5, 0.6) is 0 Å². The molecular weight excluding hydrogens is 278 g/mol. The molecule has 0 atom stereocenters. The van der Waals surface area contributed by atoms with Gasteiger partial charge < -0.3 is 16.4 Å². The van der Waals surface area contributed by atoms with Crippen LogP contribution in [0, 0.1) is 0 Å². The SMILES string of the molecule is CCCCCCCCCCCCCNCC(=O)NCC(N)=O. The smallest absolute Gasteiger partial charge is 0.236 e. The van der Waals surface area contributed by atoms with Crippen molar-refractivity contribution in [1.29, 1.82) is 0 Å². The third-order valence-electron chi connectivity index (χ3n) is 3.70. The molecule has 0 spiro atoms. The van der Waals surface area contributed by atoms with Crippen molar-refractivity contribution in [2.75, 3.05) is 19.6 Å². The van der Waals surface area contributed by atoms with Crippen molar-refractivity contribution in [3.8, 4) is 0 Å². The highest BCUT2D eigenvalue weighted by Gasteiger charge is 2.01. The molecule has 0 aromatic heterocycles. The molecule has 0 saturated carbocycles. The van der Waals surface area contributed by atoms with Crippen molar-refractivity contribution < 1.29 is 9.59 Å². The van der Waals surface area contributed by atoms with E-state index >= 15 is 0 Å². The van der Waals surface area contributed by atoms with Gasteiger partial charge in [-0.15, -0.1) is 0 Å². The first-order valence-electron chi connectivity index (χ1n) is 8.92. The van der Waals surface area contributed by atoms with Crippen LogP contribution in [0.3, 0.4) is 0 Å². The molecule has 0 rings (SSSR count). The van der Waals surface area contributed by atoms with Crippen molar-refractivity contribution in [2.24, 2.45) is 5.73 Å². The second-order valence-electron chi connectivity index (χ2n) is 5.96. The molecule has 0 aromatic rings. The molecule has 2 amide bonds. The van der Waals surface area contributed by atoms with Gasteiger partial charge in [0.2, 0.25) is 11.8 Å². The fourth-order valence-electron chi connectivity index (χ4n) is 2.36. The first-order chi connectivity index (χ1) is 10.7. The lowest BCUT2D eigenvalue weighted by Crippen LogP contribution is -2.39. The van der Waals surface area contributed by atoms with E-state index in [2.05, 4.69) is 17.6 Å². The monoisotopic (exact) mass is 313 g/mol. The first-order valence-corrected chi connectivity index (χ1v) is 8.92. The Bertz CT molecular complexity index is 283. The highest BCUT2D eigenvalue weighted by Crippen LogP contribution is 2.10.